The van der Waals surface area contributed by atoms with Crippen molar-refractivity contribution in [2.75, 3.05) is 6.61 Å². The monoisotopic (exact) mass is 188 g/mol. The van der Waals surface area contributed by atoms with E-state index in [2.05, 4.69) is 25.3 Å². The van der Waals surface area contributed by atoms with E-state index >= 15 is 0 Å². The molecule has 1 aromatic carbocycles. The zero-order valence-electron chi connectivity index (χ0n) is 8.41. The molecule has 0 saturated heterocycles. The molecule has 0 aromatic heterocycles. The quantitative estimate of drug-likeness (QED) is 0.491. The van der Waals surface area contributed by atoms with E-state index in [1.807, 2.05) is 18.2 Å². The number of hydrogen-bond donors (Lipinski definition) is 0. The van der Waals surface area contributed by atoms with E-state index < -0.39 is 0 Å². The average molecular weight is 188 g/mol. The summed E-state index contributed by atoms with van der Waals surface area (Å²) in [5.74, 6) is 0. The summed E-state index contributed by atoms with van der Waals surface area (Å²) >= 11 is 0. The first-order valence-corrected chi connectivity index (χ1v) is 4.75. The molecule has 0 saturated carbocycles. The smallest absolute Gasteiger partial charge is 0.0717 e. The molecule has 74 valence electrons. The van der Waals surface area contributed by atoms with Gasteiger partial charge < -0.3 is 4.74 Å². The third-order valence-electron chi connectivity index (χ3n) is 1.97. The van der Waals surface area contributed by atoms with Crippen molar-refractivity contribution in [2.45, 2.75) is 13.0 Å². The van der Waals surface area contributed by atoms with Crippen molar-refractivity contribution in [3.05, 3.63) is 60.7 Å². The molecule has 0 aliphatic rings. The number of allylic oxidation sites excluding steroid dienone is 1. The lowest BCUT2D eigenvalue weighted by molar-refractivity contribution is 0.124. The lowest BCUT2D eigenvalue weighted by atomic mass is 10.2. The van der Waals surface area contributed by atoms with Gasteiger partial charge in [0, 0.05) is 0 Å². The highest BCUT2D eigenvalue weighted by atomic mass is 16.5. The van der Waals surface area contributed by atoms with Crippen molar-refractivity contribution in [3.63, 3.8) is 0 Å². The molecule has 1 rings (SSSR count). The van der Waals surface area contributed by atoms with Crippen LogP contribution in [0.25, 0.3) is 0 Å². The van der Waals surface area contributed by atoms with Crippen LogP contribution in [0.2, 0.25) is 0 Å². The van der Waals surface area contributed by atoms with Gasteiger partial charge in [0.15, 0.2) is 0 Å². The minimum atomic E-state index is 0.672. The minimum absolute atomic E-state index is 0.672. The van der Waals surface area contributed by atoms with E-state index in [-0.39, 0.29) is 0 Å². The van der Waals surface area contributed by atoms with Crippen LogP contribution in [-0.4, -0.2) is 6.61 Å². The molecule has 0 atom stereocenters. The fraction of sp³-hybridized carbons (Fsp3) is 0.231. The zero-order chi connectivity index (χ0) is 10.2. The lowest BCUT2D eigenvalue weighted by Gasteiger charge is -2.03. The van der Waals surface area contributed by atoms with Gasteiger partial charge in [0.1, 0.15) is 0 Å². The fourth-order valence-electron chi connectivity index (χ4n) is 1.07. The largest absolute Gasteiger partial charge is 0.376 e. The van der Waals surface area contributed by atoms with Crippen LogP contribution in [0.3, 0.4) is 0 Å². The van der Waals surface area contributed by atoms with Crippen LogP contribution in [0.15, 0.2) is 55.1 Å². The highest BCUT2D eigenvalue weighted by Gasteiger charge is 1.92. The van der Waals surface area contributed by atoms with E-state index in [1.165, 1.54) is 5.56 Å². The second kappa shape index (κ2) is 6.17. The van der Waals surface area contributed by atoms with Gasteiger partial charge in [-0.3, -0.25) is 0 Å². The molecule has 1 aromatic rings. The van der Waals surface area contributed by atoms with Gasteiger partial charge in [0.2, 0.25) is 0 Å². The van der Waals surface area contributed by atoms with Crippen LogP contribution in [0.4, 0.5) is 0 Å². The molecule has 0 spiro atoms. The van der Waals surface area contributed by atoms with Crippen LogP contribution < -0.4 is 0 Å². The Labute approximate surface area is 85.7 Å². The Balaban J connectivity index is 2.16. The van der Waals surface area contributed by atoms with Gasteiger partial charge in [-0.05, 0) is 12.0 Å². The Morgan fingerprint density at radius 1 is 1.29 bits per heavy atom. The minimum Gasteiger partial charge on any atom is -0.376 e. The Bertz CT molecular complexity index is 287. The first-order chi connectivity index (χ1) is 6.83. The maximum atomic E-state index is 5.48. The summed E-state index contributed by atoms with van der Waals surface area (Å²) in [7, 11) is 0. The molecule has 0 amide bonds. The number of rotatable bonds is 6. The number of ether oxygens (including phenoxy) is 1. The number of benzene rings is 1. The summed E-state index contributed by atoms with van der Waals surface area (Å²) < 4.78 is 5.48. The fourth-order valence-corrected chi connectivity index (χ4v) is 1.07. The van der Waals surface area contributed by atoms with Crippen LogP contribution in [0.1, 0.15) is 12.0 Å². The highest BCUT2D eigenvalue weighted by molar-refractivity contribution is 5.13. The van der Waals surface area contributed by atoms with Crippen molar-refractivity contribution < 1.29 is 4.74 Å². The van der Waals surface area contributed by atoms with Gasteiger partial charge in [-0.25, -0.2) is 0 Å². The molecule has 0 radical (unpaired) electrons. The van der Waals surface area contributed by atoms with Gasteiger partial charge in [-0.2, -0.15) is 0 Å². The van der Waals surface area contributed by atoms with E-state index in [4.69, 9.17) is 4.74 Å². The molecule has 1 nitrogen and oxygen atoms in total. The van der Waals surface area contributed by atoms with Crippen LogP contribution in [0.5, 0.6) is 0 Å². The normalized spacial score (nSPS) is 9.71. The molecule has 0 aliphatic heterocycles. The average Bonchev–Trinajstić information content (AvgIpc) is 2.25. The third-order valence-corrected chi connectivity index (χ3v) is 1.97. The predicted molar refractivity (Wildman–Crippen MR) is 60.1 cm³/mol. The predicted octanol–water partition coefficient (Wildman–Crippen LogP) is 3.34. The second-order valence-corrected chi connectivity index (χ2v) is 3.15. The van der Waals surface area contributed by atoms with E-state index in [0.29, 0.717) is 13.2 Å². The molecular weight excluding hydrogens is 172 g/mol. The summed E-state index contributed by atoms with van der Waals surface area (Å²) in [6.45, 7) is 8.84. The third kappa shape index (κ3) is 4.06. The Hall–Kier alpha value is -1.34. The molecule has 0 fully saturated rings. The van der Waals surface area contributed by atoms with Gasteiger partial charge in [-0.15, -0.1) is 0 Å². The first kappa shape index (κ1) is 10.7. The van der Waals surface area contributed by atoms with Gasteiger partial charge >= 0.3 is 0 Å². The Kier molecular flexibility index (Phi) is 4.73. The highest BCUT2D eigenvalue weighted by Crippen LogP contribution is 2.03. The lowest BCUT2D eigenvalue weighted by Crippen LogP contribution is -1.95. The molecule has 14 heavy (non-hydrogen) atoms. The topological polar surface area (TPSA) is 9.23 Å². The van der Waals surface area contributed by atoms with Gasteiger partial charge in [0.05, 0.1) is 13.2 Å². The molecular formula is C13H16O. The molecule has 0 unspecified atom stereocenters. The summed E-state index contributed by atoms with van der Waals surface area (Å²) in [6, 6.07) is 10.1. The SMILES string of the molecule is C=CC(=C)CCOCc1ccccc1. The second-order valence-electron chi connectivity index (χ2n) is 3.15. The van der Waals surface area contributed by atoms with E-state index in [9.17, 15) is 0 Å². The van der Waals surface area contributed by atoms with Crippen molar-refractivity contribution >= 4 is 0 Å². The summed E-state index contributed by atoms with van der Waals surface area (Å²) in [6.07, 6.45) is 2.63. The van der Waals surface area contributed by atoms with Crippen molar-refractivity contribution in [1.82, 2.24) is 0 Å². The van der Waals surface area contributed by atoms with E-state index in [0.717, 1.165) is 12.0 Å². The number of hydrogen-bond acceptors (Lipinski definition) is 1. The molecule has 0 bridgehead atoms. The summed E-state index contributed by atoms with van der Waals surface area (Å²) in [5, 5.41) is 0. The van der Waals surface area contributed by atoms with Gasteiger partial charge in [0.25, 0.3) is 0 Å². The van der Waals surface area contributed by atoms with Crippen LogP contribution in [0, 0.1) is 0 Å². The Morgan fingerprint density at radius 2 is 2.00 bits per heavy atom. The molecule has 0 heterocycles. The maximum Gasteiger partial charge on any atom is 0.0717 e. The Morgan fingerprint density at radius 3 is 2.64 bits per heavy atom. The zero-order valence-corrected chi connectivity index (χ0v) is 8.41. The first-order valence-electron chi connectivity index (χ1n) is 4.75. The van der Waals surface area contributed by atoms with E-state index in [1.54, 1.807) is 6.08 Å². The van der Waals surface area contributed by atoms with Crippen molar-refractivity contribution in [1.29, 1.82) is 0 Å². The van der Waals surface area contributed by atoms with Crippen LogP contribution in [-0.2, 0) is 11.3 Å². The standard InChI is InChI=1S/C13H16O/c1-3-12(2)9-10-14-11-13-7-5-4-6-8-13/h3-8H,1-2,9-11H2. The molecule has 1 heteroatoms. The van der Waals surface area contributed by atoms with Crippen molar-refractivity contribution in [2.24, 2.45) is 0 Å². The summed E-state index contributed by atoms with van der Waals surface area (Å²) in [5.41, 5.74) is 2.23. The van der Waals surface area contributed by atoms with Crippen LogP contribution >= 0.6 is 0 Å². The maximum absolute atomic E-state index is 5.48. The molecule has 0 aliphatic carbocycles. The van der Waals surface area contributed by atoms with Crippen molar-refractivity contribution in [3.8, 4) is 0 Å². The molecule has 0 N–H and O–H groups in total. The van der Waals surface area contributed by atoms with Gasteiger partial charge in [-0.1, -0.05) is 55.1 Å². The summed E-state index contributed by atoms with van der Waals surface area (Å²) in [4.78, 5) is 0.